The molecule has 6 nitrogen and oxygen atoms in total. The number of carbonyl (C=O) groups excluding carboxylic acids is 3. The van der Waals surface area contributed by atoms with Crippen LogP contribution in [0.15, 0.2) is 97.2 Å². The normalized spacial score (nSPS) is 12.7. The highest BCUT2D eigenvalue weighted by molar-refractivity contribution is 5.71. The zero-order chi connectivity index (χ0) is 59.9. The first kappa shape index (κ1) is 79.3. The van der Waals surface area contributed by atoms with E-state index in [2.05, 4.69) is 118 Å². The van der Waals surface area contributed by atoms with Crippen molar-refractivity contribution in [2.45, 2.75) is 361 Å². The lowest BCUT2D eigenvalue weighted by Gasteiger charge is -2.18. The summed E-state index contributed by atoms with van der Waals surface area (Å²) in [4.78, 5) is 38.5. The van der Waals surface area contributed by atoms with Gasteiger partial charge in [-0.25, -0.2) is 0 Å². The molecule has 1 atom stereocenters. The van der Waals surface area contributed by atoms with E-state index < -0.39 is 6.10 Å². The quantitative estimate of drug-likeness (QED) is 0.0261. The van der Waals surface area contributed by atoms with Gasteiger partial charge in [-0.2, -0.15) is 0 Å². The Morgan fingerprint density at radius 1 is 0.253 bits per heavy atom. The summed E-state index contributed by atoms with van der Waals surface area (Å²) in [5, 5.41) is 0. The highest BCUT2D eigenvalue weighted by atomic mass is 16.6. The van der Waals surface area contributed by atoms with Gasteiger partial charge >= 0.3 is 17.9 Å². The Kier molecular flexibility index (Phi) is 67.7. The van der Waals surface area contributed by atoms with E-state index in [1.807, 2.05) is 0 Å². The van der Waals surface area contributed by atoms with Crippen LogP contribution in [0.2, 0.25) is 0 Å². The van der Waals surface area contributed by atoms with Crippen LogP contribution in [0, 0.1) is 0 Å². The number of ether oxygens (including phenoxy) is 3. The standard InChI is InChI=1S/C77H134O6/c1-4-7-10-13-16-19-22-25-28-30-32-34-35-36-37-38-39-40-41-43-44-46-49-52-55-58-61-64-67-70-76(79)82-73-74(72-81-75(78)69-66-63-60-57-54-51-48-27-24-21-18-15-12-9-6-3)83-77(80)71-68-65-62-59-56-53-50-47-45-42-33-31-29-26-23-20-17-14-11-8-5-2/h7,9-10,12,16,18-19,21,25,27-28,32,34,36-37,48,74H,4-6,8,11,13-15,17,20,22-24,26,29-31,33,35,38-47,49-73H2,1-3H3/b10-7-,12-9-,19-16-,21-18-,28-25-,34-32-,37-36-,48-27-. The van der Waals surface area contributed by atoms with Gasteiger partial charge in [-0.3, -0.25) is 14.4 Å². The molecule has 1 unspecified atom stereocenters. The molecule has 0 aromatic rings. The summed E-state index contributed by atoms with van der Waals surface area (Å²) in [5.41, 5.74) is 0. The van der Waals surface area contributed by atoms with Crippen molar-refractivity contribution in [1.29, 1.82) is 0 Å². The van der Waals surface area contributed by atoms with Crippen LogP contribution >= 0.6 is 0 Å². The fourth-order valence-electron chi connectivity index (χ4n) is 10.3. The van der Waals surface area contributed by atoms with E-state index in [1.54, 1.807) is 0 Å². The molecule has 6 heteroatoms. The molecule has 83 heavy (non-hydrogen) atoms. The second-order valence-electron chi connectivity index (χ2n) is 23.7. The Morgan fingerprint density at radius 2 is 0.470 bits per heavy atom. The number of hydrogen-bond acceptors (Lipinski definition) is 6. The summed E-state index contributed by atoms with van der Waals surface area (Å²) in [5.74, 6) is -0.879. The lowest BCUT2D eigenvalue weighted by atomic mass is 10.0. The molecule has 0 N–H and O–H groups in total. The molecule has 0 heterocycles. The summed E-state index contributed by atoms with van der Waals surface area (Å²) in [7, 11) is 0. The summed E-state index contributed by atoms with van der Waals surface area (Å²) >= 11 is 0. The number of hydrogen-bond donors (Lipinski definition) is 0. The van der Waals surface area contributed by atoms with Crippen molar-refractivity contribution < 1.29 is 28.6 Å². The number of unbranched alkanes of at least 4 members (excludes halogenated alkanes) is 38. The predicted molar refractivity (Wildman–Crippen MR) is 362 cm³/mol. The zero-order valence-electron chi connectivity index (χ0n) is 54.9. The van der Waals surface area contributed by atoms with Gasteiger partial charge in [-0.15, -0.1) is 0 Å². The molecule has 0 fully saturated rings. The molecule has 0 aliphatic heterocycles. The third kappa shape index (κ3) is 69.0. The van der Waals surface area contributed by atoms with Gasteiger partial charge < -0.3 is 14.2 Å². The first-order valence-electron chi connectivity index (χ1n) is 35.7. The van der Waals surface area contributed by atoms with Gasteiger partial charge in [-0.05, 0) is 96.3 Å². The molecule has 0 aromatic heterocycles. The van der Waals surface area contributed by atoms with Crippen molar-refractivity contribution in [3.05, 3.63) is 97.2 Å². The average molecular weight is 1160 g/mol. The van der Waals surface area contributed by atoms with Crippen molar-refractivity contribution in [1.82, 2.24) is 0 Å². The van der Waals surface area contributed by atoms with E-state index in [9.17, 15) is 14.4 Å². The second kappa shape index (κ2) is 70.8. The van der Waals surface area contributed by atoms with Gasteiger partial charge in [0.15, 0.2) is 6.10 Å². The van der Waals surface area contributed by atoms with Crippen LogP contribution in [0.25, 0.3) is 0 Å². The van der Waals surface area contributed by atoms with Gasteiger partial charge in [-0.1, -0.05) is 336 Å². The van der Waals surface area contributed by atoms with Crippen LogP contribution in [0.5, 0.6) is 0 Å². The second-order valence-corrected chi connectivity index (χ2v) is 23.7. The van der Waals surface area contributed by atoms with Crippen molar-refractivity contribution >= 4 is 17.9 Å². The summed E-state index contributed by atoms with van der Waals surface area (Å²) in [6, 6.07) is 0. The first-order valence-corrected chi connectivity index (χ1v) is 35.7. The maximum atomic E-state index is 13.0. The molecule has 0 bridgehead atoms. The van der Waals surface area contributed by atoms with E-state index >= 15 is 0 Å². The van der Waals surface area contributed by atoms with Gasteiger partial charge in [0, 0.05) is 19.3 Å². The number of carbonyl (C=O) groups is 3. The number of allylic oxidation sites excluding steroid dienone is 16. The Hall–Kier alpha value is -3.67. The van der Waals surface area contributed by atoms with Crippen molar-refractivity contribution in [3.63, 3.8) is 0 Å². The molecule has 0 aliphatic carbocycles. The van der Waals surface area contributed by atoms with E-state index in [0.29, 0.717) is 19.3 Å². The summed E-state index contributed by atoms with van der Waals surface area (Å²) < 4.78 is 17.0. The maximum Gasteiger partial charge on any atom is 0.306 e. The van der Waals surface area contributed by atoms with Crippen LogP contribution in [-0.2, 0) is 28.6 Å². The molecule has 0 saturated carbocycles. The average Bonchev–Trinajstić information content (AvgIpc) is 3.49. The highest BCUT2D eigenvalue weighted by Gasteiger charge is 2.19. The fourth-order valence-corrected chi connectivity index (χ4v) is 10.3. The molecule has 478 valence electrons. The molecule has 0 saturated heterocycles. The molecule has 0 amide bonds. The molecular weight excluding hydrogens is 1020 g/mol. The van der Waals surface area contributed by atoms with Gasteiger partial charge in [0.1, 0.15) is 13.2 Å². The van der Waals surface area contributed by atoms with Crippen LogP contribution in [0.3, 0.4) is 0 Å². The first-order chi connectivity index (χ1) is 41.0. The Balaban J connectivity index is 4.28. The zero-order valence-corrected chi connectivity index (χ0v) is 54.9. The highest BCUT2D eigenvalue weighted by Crippen LogP contribution is 2.18. The predicted octanol–water partition coefficient (Wildman–Crippen LogP) is 24.8. The minimum Gasteiger partial charge on any atom is -0.462 e. The van der Waals surface area contributed by atoms with E-state index in [4.69, 9.17) is 14.2 Å². The van der Waals surface area contributed by atoms with Crippen LogP contribution in [0.1, 0.15) is 355 Å². The SMILES string of the molecule is CC/C=C\C/C=C\C/C=C\C/C=C\C/C=C\CCCCCCCCCCCCCCCC(=O)OCC(COC(=O)CCCCCCC/C=C\C/C=C\C/C=C\CC)OC(=O)CCCCCCCCCCCCCCCCCCCCCCC. The fraction of sp³-hybridized carbons (Fsp3) is 0.753. The Labute approximate surface area is 515 Å². The molecule has 0 rings (SSSR count). The third-order valence-corrected chi connectivity index (χ3v) is 15.6. The molecule has 0 radical (unpaired) electrons. The lowest BCUT2D eigenvalue weighted by molar-refractivity contribution is -0.167. The van der Waals surface area contributed by atoms with Gasteiger partial charge in [0.05, 0.1) is 0 Å². The van der Waals surface area contributed by atoms with E-state index in [-0.39, 0.29) is 31.1 Å². The molecule has 0 aromatic carbocycles. The minimum atomic E-state index is -0.785. The van der Waals surface area contributed by atoms with Crippen molar-refractivity contribution in [2.75, 3.05) is 13.2 Å². The molecular formula is C77H134O6. The monoisotopic (exact) mass is 1160 g/mol. The minimum absolute atomic E-state index is 0.0801. The van der Waals surface area contributed by atoms with Crippen molar-refractivity contribution in [2.24, 2.45) is 0 Å². The maximum absolute atomic E-state index is 13.0. The molecule has 0 aliphatic rings. The topological polar surface area (TPSA) is 78.9 Å². The summed E-state index contributed by atoms with van der Waals surface area (Å²) in [6.45, 7) is 6.45. The molecule has 0 spiro atoms. The lowest BCUT2D eigenvalue weighted by Crippen LogP contribution is -2.30. The number of esters is 3. The van der Waals surface area contributed by atoms with Gasteiger partial charge in [0.25, 0.3) is 0 Å². The van der Waals surface area contributed by atoms with E-state index in [0.717, 1.165) is 128 Å². The van der Waals surface area contributed by atoms with Crippen LogP contribution < -0.4 is 0 Å². The third-order valence-electron chi connectivity index (χ3n) is 15.6. The summed E-state index contributed by atoms with van der Waals surface area (Å²) in [6.07, 6.45) is 95.8. The van der Waals surface area contributed by atoms with Gasteiger partial charge in [0.2, 0.25) is 0 Å². The Morgan fingerprint density at radius 3 is 0.735 bits per heavy atom. The smallest absolute Gasteiger partial charge is 0.306 e. The van der Waals surface area contributed by atoms with E-state index in [1.165, 1.54) is 186 Å². The van der Waals surface area contributed by atoms with Crippen LogP contribution in [0.4, 0.5) is 0 Å². The van der Waals surface area contributed by atoms with Crippen LogP contribution in [-0.4, -0.2) is 37.2 Å². The number of rotatable bonds is 65. The Bertz CT molecular complexity index is 1610. The van der Waals surface area contributed by atoms with Crippen molar-refractivity contribution in [3.8, 4) is 0 Å². The largest absolute Gasteiger partial charge is 0.462 e.